The number of hydrogen-bond donors (Lipinski definition) is 2. The van der Waals surface area contributed by atoms with Crippen LogP contribution in [0.25, 0.3) is 0 Å². The second-order valence-corrected chi connectivity index (χ2v) is 6.19. The third-order valence-corrected chi connectivity index (χ3v) is 4.13. The molecule has 5 heteroatoms. The van der Waals surface area contributed by atoms with E-state index in [-0.39, 0.29) is 5.91 Å². The van der Waals surface area contributed by atoms with Crippen molar-refractivity contribution in [3.05, 3.63) is 82.5 Å². The van der Waals surface area contributed by atoms with Crippen LogP contribution in [0, 0.1) is 13.8 Å². The summed E-state index contributed by atoms with van der Waals surface area (Å²) < 4.78 is 0. The summed E-state index contributed by atoms with van der Waals surface area (Å²) in [6.07, 6.45) is 1.65. The first-order valence-electron chi connectivity index (χ1n) is 7.90. The van der Waals surface area contributed by atoms with Gasteiger partial charge in [0.2, 0.25) is 0 Å². The first-order valence-corrected chi connectivity index (χ1v) is 8.27. The van der Waals surface area contributed by atoms with E-state index < -0.39 is 0 Å². The zero-order valence-electron chi connectivity index (χ0n) is 14.0. The van der Waals surface area contributed by atoms with E-state index in [1.807, 2.05) is 44.2 Å². The lowest BCUT2D eigenvalue weighted by molar-refractivity contribution is 0.102. The number of carbonyl (C=O) groups excluding carboxylic acids is 1. The molecule has 0 aliphatic carbocycles. The quantitative estimate of drug-likeness (QED) is 0.666. The smallest absolute Gasteiger partial charge is 0.259 e. The number of aromatic nitrogens is 1. The minimum absolute atomic E-state index is 0.207. The topological polar surface area (TPSA) is 54.0 Å². The van der Waals surface area contributed by atoms with Crippen LogP contribution in [-0.2, 0) is 0 Å². The maximum atomic E-state index is 12.8. The Kier molecular flexibility index (Phi) is 5.00. The molecule has 4 nitrogen and oxygen atoms in total. The lowest BCUT2D eigenvalue weighted by Gasteiger charge is -2.14. The minimum atomic E-state index is -0.207. The summed E-state index contributed by atoms with van der Waals surface area (Å²) in [5.74, 6) is 0.288. The van der Waals surface area contributed by atoms with Crippen LogP contribution in [0.2, 0.25) is 5.02 Å². The Morgan fingerprint density at radius 1 is 0.960 bits per heavy atom. The number of para-hydroxylation sites is 1. The summed E-state index contributed by atoms with van der Waals surface area (Å²) in [7, 11) is 0. The Hall–Kier alpha value is -2.85. The Morgan fingerprint density at radius 2 is 1.64 bits per heavy atom. The number of carbonyl (C=O) groups is 1. The molecule has 0 saturated carbocycles. The fraction of sp³-hybridized carbons (Fsp3) is 0.100. The molecule has 2 N–H and O–H groups in total. The fourth-order valence-corrected chi connectivity index (χ4v) is 2.68. The van der Waals surface area contributed by atoms with Crippen LogP contribution in [0.1, 0.15) is 21.5 Å². The van der Waals surface area contributed by atoms with Crippen molar-refractivity contribution in [3.63, 3.8) is 0 Å². The number of nitrogens with zero attached hydrogens (tertiary/aromatic N) is 1. The number of amides is 1. The van der Waals surface area contributed by atoms with Gasteiger partial charge in [-0.05, 0) is 61.4 Å². The van der Waals surface area contributed by atoms with Gasteiger partial charge in [0.05, 0.1) is 5.56 Å². The molecule has 126 valence electrons. The first kappa shape index (κ1) is 17.0. The zero-order chi connectivity index (χ0) is 17.8. The highest BCUT2D eigenvalue weighted by atomic mass is 35.5. The van der Waals surface area contributed by atoms with Gasteiger partial charge in [-0.1, -0.05) is 29.8 Å². The van der Waals surface area contributed by atoms with Gasteiger partial charge >= 0.3 is 0 Å². The summed E-state index contributed by atoms with van der Waals surface area (Å²) in [5, 5.41) is 6.81. The second-order valence-electron chi connectivity index (χ2n) is 5.75. The molecule has 3 aromatic rings. The number of nitrogens with one attached hydrogen (secondary N) is 2. The predicted octanol–water partition coefficient (Wildman–Crippen LogP) is 5.35. The van der Waals surface area contributed by atoms with Crippen LogP contribution < -0.4 is 10.6 Å². The van der Waals surface area contributed by atoms with Crippen molar-refractivity contribution in [1.82, 2.24) is 4.98 Å². The Bertz CT molecular complexity index is 887. The molecule has 2 aromatic carbocycles. The Balaban J connectivity index is 1.87. The van der Waals surface area contributed by atoms with Crippen molar-refractivity contribution in [2.45, 2.75) is 13.8 Å². The van der Waals surface area contributed by atoms with Gasteiger partial charge in [-0.15, -0.1) is 0 Å². The summed E-state index contributed by atoms with van der Waals surface area (Å²) in [5.41, 5.74) is 4.15. The molecule has 1 aromatic heterocycles. The molecule has 1 amide bonds. The number of benzene rings is 2. The van der Waals surface area contributed by atoms with E-state index in [0.29, 0.717) is 16.4 Å². The molecule has 0 fully saturated rings. The minimum Gasteiger partial charge on any atom is -0.340 e. The van der Waals surface area contributed by atoms with Crippen LogP contribution in [0.15, 0.2) is 60.8 Å². The lowest BCUT2D eigenvalue weighted by Crippen LogP contribution is -2.16. The Morgan fingerprint density at radius 3 is 2.32 bits per heavy atom. The van der Waals surface area contributed by atoms with Crippen LogP contribution >= 0.6 is 11.6 Å². The summed E-state index contributed by atoms with van der Waals surface area (Å²) in [6.45, 7) is 3.94. The van der Waals surface area contributed by atoms with Gasteiger partial charge in [-0.3, -0.25) is 4.79 Å². The molecule has 0 spiro atoms. The van der Waals surface area contributed by atoms with Crippen LogP contribution in [0.5, 0.6) is 0 Å². The lowest BCUT2D eigenvalue weighted by atomic mass is 10.1. The second kappa shape index (κ2) is 7.36. The molecule has 1 heterocycles. The third-order valence-electron chi connectivity index (χ3n) is 3.88. The maximum absolute atomic E-state index is 12.8. The number of rotatable bonds is 4. The molecule has 0 radical (unpaired) electrons. The maximum Gasteiger partial charge on any atom is 0.259 e. The third kappa shape index (κ3) is 3.98. The highest BCUT2D eigenvalue weighted by Gasteiger charge is 2.14. The molecule has 25 heavy (non-hydrogen) atoms. The van der Waals surface area contributed by atoms with Crippen LogP contribution in [0.3, 0.4) is 0 Å². The van der Waals surface area contributed by atoms with Crippen LogP contribution in [-0.4, -0.2) is 10.9 Å². The van der Waals surface area contributed by atoms with E-state index in [1.54, 1.807) is 30.5 Å². The summed E-state index contributed by atoms with van der Waals surface area (Å²) in [6, 6.07) is 16.6. The standard InChI is InChI=1S/C20H18ClN3O/c1-13-5-3-6-14(2)18(13)24-20(25)17-7-4-12-22-19(17)23-16-10-8-15(21)9-11-16/h3-12H,1-2H3,(H,22,23)(H,24,25). The molecule has 0 aliphatic rings. The van der Waals surface area contributed by atoms with Crippen LogP contribution in [0.4, 0.5) is 17.2 Å². The van der Waals surface area contributed by atoms with Gasteiger partial charge < -0.3 is 10.6 Å². The number of aryl methyl sites for hydroxylation is 2. The molecule has 0 aliphatic heterocycles. The SMILES string of the molecule is Cc1cccc(C)c1NC(=O)c1cccnc1Nc1ccc(Cl)cc1. The van der Waals surface area contributed by atoms with Gasteiger partial charge in [0, 0.05) is 22.6 Å². The highest BCUT2D eigenvalue weighted by molar-refractivity contribution is 6.30. The van der Waals surface area contributed by atoms with E-state index in [4.69, 9.17) is 11.6 Å². The average Bonchev–Trinajstić information content (AvgIpc) is 2.60. The van der Waals surface area contributed by atoms with E-state index in [0.717, 1.165) is 22.5 Å². The normalized spacial score (nSPS) is 10.4. The number of anilines is 3. The van der Waals surface area contributed by atoms with Crippen molar-refractivity contribution in [2.24, 2.45) is 0 Å². The summed E-state index contributed by atoms with van der Waals surface area (Å²) >= 11 is 5.91. The molecule has 0 unspecified atom stereocenters. The largest absolute Gasteiger partial charge is 0.340 e. The van der Waals surface area contributed by atoms with Crippen molar-refractivity contribution >= 4 is 34.7 Å². The van der Waals surface area contributed by atoms with Gasteiger partial charge in [-0.2, -0.15) is 0 Å². The zero-order valence-corrected chi connectivity index (χ0v) is 14.8. The Labute approximate surface area is 151 Å². The average molecular weight is 352 g/mol. The van der Waals surface area contributed by atoms with Gasteiger partial charge in [0.15, 0.2) is 0 Å². The molecule has 0 atom stereocenters. The fourth-order valence-electron chi connectivity index (χ4n) is 2.55. The van der Waals surface area contributed by atoms with Crippen molar-refractivity contribution < 1.29 is 4.79 Å². The van der Waals surface area contributed by atoms with Crippen molar-refractivity contribution in [2.75, 3.05) is 10.6 Å². The van der Waals surface area contributed by atoms with E-state index >= 15 is 0 Å². The van der Waals surface area contributed by atoms with Gasteiger partial charge in [0.25, 0.3) is 5.91 Å². The molecule has 0 saturated heterocycles. The molecular formula is C20H18ClN3O. The number of halogens is 1. The van der Waals surface area contributed by atoms with E-state index in [9.17, 15) is 4.79 Å². The number of pyridine rings is 1. The van der Waals surface area contributed by atoms with Crippen molar-refractivity contribution in [3.8, 4) is 0 Å². The molecular weight excluding hydrogens is 334 g/mol. The predicted molar refractivity (Wildman–Crippen MR) is 103 cm³/mol. The summed E-state index contributed by atoms with van der Waals surface area (Å²) in [4.78, 5) is 17.1. The van der Waals surface area contributed by atoms with E-state index in [2.05, 4.69) is 15.6 Å². The molecule has 0 bridgehead atoms. The monoisotopic (exact) mass is 351 g/mol. The highest BCUT2D eigenvalue weighted by Crippen LogP contribution is 2.24. The van der Waals surface area contributed by atoms with Crippen molar-refractivity contribution in [1.29, 1.82) is 0 Å². The molecule has 3 rings (SSSR count). The van der Waals surface area contributed by atoms with Gasteiger partial charge in [0.1, 0.15) is 5.82 Å². The van der Waals surface area contributed by atoms with E-state index in [1.165, 1.54) is 0 Å². The number of hydrogen-bond acceptors (Lipinski definition) is 3. The first-order chi connectivity index (χ1) is 12.0. The van der Waals surface area contributed by atoms with Gasteiger partial charge in [-0.25, -0.2) is 4.98 Å².